The van der Waals surface area contributed by atoms with Gasteiger partial charge in [-0.1, -0.05) is 0 Å². The quantitative estimate of drug-likeness (QED) is 0.503. The van der Waals surface area contributed by atoms with E-state index in [1.165, 1.54) is 24.3 Å². The SMILES string of the molecule is CCN(CC)c1cc(Nc2ccc(NC(=O)Nc3ccc(F)cc3)cc2)nc(C)n1. The number of aromatic nitrogens is 2. The van der Waals surface area contributed by atoms with Gasteiger partial charge in [0.15, 0.2) is 0 Å². The number of urea groups is 1. The molecule has 1 aromatic heterocycles. The lowest BCUT2D eigenvalue weighted by atomic mass is 10.2. The van der Waals surface area contributed by atoms with Crippen molar-refractivity contribution in [1.29, 1.82) is 0 Å². The van der Waals surface area contributed by atoms with Gasteiger partial charge >= 0.3 is 6.03 Å². The molecule has 0 spiro atoms. The Kier molecular flexibility index (Phi) is 6.79. The van der Waals surface area contributed by atoms with Crippen molar-refractivity contribution in [2.45, 2.75) is 20.8 Å². The molecule has 0 aliphatic rings. The van der Waals surface area contributed by atoms with Crippen LogP contribution in [0.1, 0.15) is 19.7 Å². The smallest absolute Gasteiger partial charge is 0.323 e. The van der Waals surface area contributed by atoms with Crippen molar-refractivity contribution in [2.24, 2.45) is 0 Å². The molecular weight excluding hydrogens is 383 g/mol. The summed E-state index contributed by atoms with van der Waals surface area (Å²) in [6.07, 6.45) is 0. The highest BCUT2D eigenvalue weighted by Crippen LogP contribution is 2.21. The zero-order valence-corrected chi connectivity index (χ0v) is 17.2. The van der Waals surface area contributed by atoms with E-state index in [2.05, 4.69) is 44.7 Å². The molecule has 2 amide bonds. The fourth-order valence-electron chi connectivity index (χ4n) is 2.94. The first kappa shape index (κ1) is 21.0. The van der Waals surface area contributed by atoms with E-state index in [0.29, 0.717) is 23.0 Å². The summed E-state index contributed by atoms with van der Waals surface area (Å²) < 4.78 is 12.9. The molecule has 1 heterocycles. The maximum absolute atomic E-state index is 12.9. The Labute approximate surface area is 175 Å². The van der Waals surface area contributed by atoms with Gasteiger partial charge < -0.3 is 20.9 Å². The molecule has 0 saturated carbocycles. The highest BCUT2D eigenvalue weighted by atomic mass is 19.1. The molecule has 2 aromatic carbocycles. The molecule has 7 nitrogen and oxygen atoms in total. The molecule has 30 heavy (non-hydrogen) atoms. The molecule has 0 radical (unpaired) electrons. The third kappa shape index (κ3) is 5.66. The number of carbonyl (C=O) groups excluding carboxylic acids is 1. The number of anilines is 5. The van der Waals surface area contributed by atoms with Crippen LogP contribution >= 0.6 is 0 Å². The van der Waals surface area contributed by atoms with Crippen molar-refractivity contribution in [1.82, 2.24) is 9.97 Å². The summed E-state index contributed by atoms with van der Waals surface area (Å²) in [5.41, 5.74) is 1.97. The Morgan fingerprint density at radius 3 is 2.00 bits per heavy atom. The van der Waals surface area contributed by atoms with Crippen molar-refractivity contribution in [3.63, 3.8) is 0 Å². The number of carbonyl (C=O) groups is 1. The maximum Gasteiger partial charge on any atom is 0.323 e. The first-order valence-electron chi connectivity index (χ1n) is 9.78. The molecule has 3 rings (SSSR count). The molecule has 0 aliphatic carbocycles. The number of benzene rings is 2. The van der Waals surface area contributed by atoms with Gasteiger partial charge in [-0.3, -0.25) is 0 Å². The van der Waals surface area contributed by atoms with Crippen molar-refractivity contribution < 1.29 is 9.18 Å². The van der Waals surface area contributed by atoms with Gasteiger partial charge in [-0.05, 0) is 69.3 Å². The first-order valence-corrected chi connectivity index (χ1v) is 9.78. The molecule has 0 aliphatic heterocycles. The summed E-state index contributed by atoms with van der Waals surface area (Å²) in [6, 6.07) is 14.4. The van der Waals surface area contributed by atoms with Crippen LogP contribution in [0.5, 0.6) is 0 Å². The minimum absolute atomic E-state index is 0.354. The van der Waals surface area contributed by atoms with Gasteiger partial charge in [-0.15, -0.1) is 0 Å². The van der Waals surface area contributed by atoms with Gasteiger partial charge in [0, 0.05) is 36.2 Å². The van der Waals surface area contributed by atoms with Crippen LogP contribution in [-0.4, -0.2) is 29.1 Å². The average Bonchev–Trinajstić information content (AvgIpc) is 2.72. The number of nitrogens with zero attached hydrogens (tertiary/aromatic N) is 3. The zero-order valence-electron chi connectivity index (χ0n) is 17.2. The topological polar surface area (TPSA) is 82.2 Å². The largest absolute Gasteiger partial charge is 0.357 e. The summed E-state index contributed by atoms with van der Waals surface area (Å²) in [4.78, 5) is 23.2. The molecule has 3 aromatic rings. The second-order valence-corrected chi connectivity index (χ2v) is 6.62. The van der Waals surface area contributed by atoms with Crippen LogP contribution < -0.4 is 20.9 Å². The summed E-state index contributed by atoms with van der Waals surface area (Å²) in [7, 11) is 0. The second-order valence-electron chi connectivity index (χ2n) is 6.62. The van der Waals surface area contributed by atoms with Crippen LogP contribution in [0.4, 0.5) is 37.9 Å². The van der Waals surface area contributed by atoms with E-state index in [1.54, 1.807) is 12.1 Å². The predicted molar refractivity (Wildman–Crippen MR) is 119 cm³/mol. The van der Waals surface area contributed by atoms with E-state index < -0.39 is 6.03 Å². The molecule has 0 bridgehead atoms. The summed E-state index contributed by atoms with van der Waals surface area (Å²) >= 11 is 0. The minimum atomic E-state index is -0.405. The fourth-order valence-corrected chi connectivity index (χ4v) is 2.94. The minimum Gasteiger partial charge on any atom is -0.357 e. The average molecular weight is 408 g/mol. The zero-order chi connectivity index (χ0) is 21.5. The molecule has 3 N–H and O–H groups in total. The van der Waals surface area contributed by atoms with E-state index in [1.807, 2.05) is 25.1 Å². The van der Waals surface area contributed by atoms with Crippen molar-refractivity contribution in [3.8, 4) is 0 Å². The maximum atomic E-state index is 12.9. The third-order valence-corrected chi connectivity index (χ3v) is 4.43. The van der Waals surface area contributed by atoms with Gasteiger partial charge in [0.1, 0.15) is 23.3 Å². The number of amides is 2. The summed E-state index contributed by atoms with van der Waals surface area (Å²) in [5, 5.41) is 8.67. The highest BCUT2D eigenvalue weighted by molar-refractivity contribution is 5.99. The van der Waals surface area contributed by atoms with Crippen molar-refractivity contribution in [2.75, 3.05) is 33.9 Å². The second kappa shape index (κ2) is 9.69. The van der Waals surface area contributed by atoms with Crippen molar-refractivity contribution in [3.05, 3.63) is 66.2 Å². The van der Waals surface area contributed by atoms with E-state index in [9.17, 15) is 9.18 Å². The molecule has 0 saturated heterocycles. The number of aryl methyl sites for hydroxylation is 1. The molecular formula is C22H25FN6O. The van der Waals surface area contributed by atoms with Gasteiger partial charge in [-0.2, -0.15) is 0 Å². The summed E-state index contributed by atoms with van der Waals surface area (Å²) in [5.74, 6) is 1.93. The van der Waals surface area contributed by atoms with Crippen LogP contribution in [0.15, 0.2) is 54.6 Å². The standard InChI is InChI=1S/C22H25FN6O/c1-4-29(5-2)21-14-20(24-15(3)25-21)26-17-10-12-19(13-11-17)28-22(30)27-18-8-6-16(23)7-9-18/h6-14H,4-5H2,1-3H3,(H,24,25,26)(H2,27,28,30). The van der Waals surface area contributed by atoms with E-state index >= 15 is 0 Å². The van der Waals surface area contributed by atoms with Crippen LogP contribution in [-0.2, 0) is 0 Å². The Bertz CT molecular complexity index is 988. The predicted octanol–water partition coefficient (Wildman–Crippen LogP) is 5.16. The van der Waals surface area contributed by atoms with Gasteiger partial charge in [0.2, 0.25) is 0 Å². The van der Waals surface area contributed by atoms with Crippen LogP contribution in [0.3, 0.4) is 0 Å². The lowest BCUT2D eigenvalue weighted by Gasteiger charge is -2.20. The molecule has 8 heteroatoms. The fraction of sp³-hybridized carbons (Fsp3) is 0.227. The monoisotopic (exact) mass is 408 g/mol. The van der Waals surface area contributed by atoms with Crippen LogP contribution in [0.25, 0.3) is 0 Å². The van der Waals surface area contributed by atoms with E-state index in [4.69, 9.17) is 0 Å². The van der Waals surface area contributed by atoms with Crippen LogP contribution in [0, 0.1) is 12.7 Å². The number of nitrogens with one attached hydrogen (secondary N) is 3. The van der Waals surface area contributed by atoms with Gasteiger partial charge in [0.05, 0.1) is 0 Å². The normalized spacial score (nSPS) is 10.4. The number of rotatable bonds is 7. The number of halogens is 1. The number of hydrogen-bond acceptors (Lipinski definition) is 5. The van der Waals surface area contributed by atoms with E-state index in [-0.39, 0.29) is 5.82 Å². The number of hydrogen-bond donors (Lipinski definition) is 3. The molecule has 0 fully saturated rings. The molecule has 0 atom stereocenters. The Balaban J connectivity index is 1.63. The first-order chi connectivity index (χ1) is 14.5. The third-order valence-electron chi connectivity index (χ3n) is 4.43. The lowest BCUT2D eigenvalue weighted by Crippen LogP contribution is -2.23. The van der Waals surface area contributed by atoms with Gasteiger partial charge in [0.25, 0.3) is 0 Å². The van der Waals surface area contributed by atoms with Gasteiger partial charge in [-0.25, -0.2) is 19.2 Å². The summed E-state index contributed by atoms with van der Waals surface area (Å²) in [6.45, 7) is 7.78. The van der Waals surface area contributed by atoms with Crippen LogP contribution in [0.2, 0.25) is 0 Å². The highest BCUT2D eigenvalue weighted by Gasteiger charge is 2.08. The Morgan fingerprint density at radius 1 is 0.900 bits per heavy atom. The lowest BCUT2D eigenvalue weighted by molar-refractivity contribution is 0.262. The molecule has 156 valence electrons. The van der Waals surface area contributed by atoms with Crippen molar-refractivity contribution >= 4 is 34.7 Å². The Morgan fingerprint density at radius 2 is 1.43 bits per heavy atom. The molecule has 0 unspecified atom stereocenters. The Hall–Kier alpha value is -3.68. The van der Waals surface area contributed by atoms with E-state index in [0.717, 1.165) is 24.6 Å².